The van der Waals surface area contributed by atoms with Crippen LogP contribution in [0, 0.1) is 0 Å². The summed E-state index contributed by atoms with van der Waals surface area (Å²) in [4.78, 5) is 0. The maximum atomic E-state index is 6.23. The normalized spacial score (nSPS) is 17.2. The third kappa shape index (κ3) is 4.59. The number of rotatable bonds is 8. The van der Waals surface area contributed by atoms with Crippen molar-refractivity contribution in [3.05, 3.63) is 34.3 Å². The fourth-order valence-electron chi connectivity index (χ4n) is 2.52. The van der Waals surface area contributed by atoms with Gasteiger partial charge in [0.05, 0.1) is 12.2 Å². The third-order valence-corrected chi connectivity index (χ3v) is 4.38. The van der Waals surface area contributed by atoms with Gasteiger partial charge in [0.2, 0.25) is 0 Å². The molecule has 19 heavy (non-hydrogen) atoms. The summed E-state index contributed by atoms with van der Waals surface area (Å²) in [5, 5.41) is 3.48. The van der Waals surface area contributed by atoms with E-state index in [-0.39, 0.29) is 5.60 Å². The summed E-state index contributed by atoms with van der Waals surface area (Å²) < 4.78 is 7.35. The van der Waals surface area contributed by atoms with Gasteiger partial charge in [-0.3, -0.25) is 0 Å². The van der Waals surface area contributed by atoms with Crippen molar-refractivity contribution in [3.8, 4) is 0 Å². The van der Waals surface area contributed by atoms with E-state index in [0.717, 1.165) is 30.6 Å². The topological polar surface area (TPSA) is 21.3 Å². The van der Waals surface area contributed by atoms with E-state index < -0.39 is 0 Å². The minimum Gasteiger partial charge on any atom is -0.370 e. The zero-order valence-electron chi connectivity index (χ0n) is 11.8. The minimum absolute atomic E-state index is 0.142. The molecule has 0 radical (unpaired) electrons. The molecule has 0 atom stereocenters. The summed E-state index contributed by atoms with van der Waals surface area (Å²) in [6.45, 7) is 5.12. The lowest BCUT2D eigenvalue weighted by atomic mass is 9.77. The number of nitrogens with one attached hydrogen (secondary N) is 1. The van der Waals surface area contributed by atoms with Gasteiger partial charge in [-0.2, -0.15) is 0 Å². The molecule has 1 saturated carbocycles. The third-order valence-electron chi connectivity index (χ3n) is 3.88. The van der Waals surface area contributed by atoms with Gasteiger partial charge in [0.15, 0.2) is 0 Å². The van der Waals surface area contributed by atoms with E-state index >= 15 is 0 Å². The predicted molar refractivity (Wildman–Crippen MR) is 83.3 cm³/mol. The molecule has 0 aliphatic heterocycles. The molecule has 0 unspecified atom stereocenters. The second-order valence-corrected chi connectivity index (χ2v) is 6.37. The average molecular weight is 326 g/mol. The number of hydrogen-bond acceptors (Lipinski definition) is 2. The SMILES string of the molecule is CCCNCCC1(OCc2cccc(Br)c2)CCC1. The molecular weight excluding hydrogens is 302 g/mol. The average Bonchev–Trinajstić information content (AvgIpc) is 2.36. The van der Waals surface area contributed by atoms with E-state index in [2.05, 4.69) is 52.4 Å². The van der Waals surface area contributed by atoms with Gasteiger partial charge in [0, 0.05) is 4.47 Å². The maximum Gasteiger partial charge on any atom is 0.0724 e. The van der Waals surface area contributed by atoms with Crippen LogP contribution < -0.4 is 5.32 Å². The van der Waals surface area contributed by atoms with E-state index in [0.29, 0.717) is 0 Å². The van der Waals surface area contributed by atoms with E-state index in [1.54, 1.807) is 0 Å². The van der Waals surface area contributed by atoms with Gasteiger partial charge in [0.25, 0.3) is 0 Å². The molecule has 0 bridgehead atoms. The highest BCUT2D eigenvalue weighted by atomic mass is 79.9. The summed E-state index contributed by atoms with van der Waals surface area (Å²) in [6.07, 6.45) is 6.09. The molecule has 2 nitrogen and oxygen atoms in total. The van der Waals surface area contributed by atoms with Gasteiger partial charge < -0.3 is 10.1 Å². The molecule has 0 spiro atoms. The largest absolute Gasteiger partial charge is 0.370 e. The van der Waals surface area contributed by atoms with E-state index in [1.165, 1.54) is 31.2 Å². The molecule has 1 aliphatic rings. The number of ether oxygens (including phenoxy) is 1. The maximum absolute atomic E-state index is 6.23. The van der Waals surface area contributed by atoms with Crippen LogP contribution in [-0.2, 0) is 11.3 Å². The Morgan fingerprint density at radius 2 is 2.16 bits per heavy atom. The first-order chi connectivity index (χ1) is 9.24. The Balaban J connectivity index is 1.78. The summed E-state index contributed by atoms with van der Waals surface area (Å²) in [7, 11) is 0. The van der Waals surface area contributed by atoms with Crippen LogP contribution >= 0.6 is 15.9 Å². The zero-order valence-corrected chi connectivity index (χ0v) is 13.3. The van der Waals surface area contributed by atoms with Crippen LogP contribution in [0.4, 0.5) is 0 Å². The molecule has 106 valence electrons. The number of benzene rings is 1. The molecule has 0 saturated heterocycles. The van der Waals surface area contributed by atoms with Gasteiger partial charge in [-0.05, 0) is 62.9 Å². The fraction of sp³-hybridized carbons (Fsp3) is 0.625. The number of halogens is 1. The monoisotopic (exact) mass is 325 g/mol. The minimum atomic E-state index is 0.142. The van der Waals surface area contributed by atoms with Crippen LogP contribution in [0.15, 0.2) is 28.7 Å². The van der Waals surface area contributed by atoms with Crippen LogP contribution in [0.3, 0.4) is 0 Å². The quantitative estimate of drug-likeness (QED) is 0.720. The Labute approximate surface area is 125 Å². The summed E-state index contributed by atoms with van der Waals surface area (Å²) in [5.74, 6) is 0. The highest BCUT2D eigenvalue weighted by Gasteiger charge is 2.37. The Morgan fingerprint density at radius 1 is 1.32 bits per heavy atom. The molecule has 0 aromatic heterocycles. The lowest BCUT2D eigenvalue weighted by Crippen LogP contribution is -2.42. The van der Waals surface area contributed by atoms with E-state index in [4.69, 9.17) is 4.74 Å². The zero-order chi connectivity index (χ0) is 13.6. The van der Waals surface area contributed by atoms with Crippen molar-refractivity contribution >= 4 is 15.9 Å². The molecule has 0 heterocycles. The van der Waals surface area contributed by atoms with Crippen LogP contribution in [-0.4, -0.2) is 18.7 Å². The molecule has 2 rings (SSSR count). The standard InChI is InChI=1S/C16H24BrNO/c1-2-10-18-11-9-16(7-4-8-16)19-13-14-5-3-6-15(17)12-14/h3,5-6,12,18H,2,4,7-11,13H2,1H3. The first-order valence-corrected chi connectivity index (χ1v) is 8.12. The van der Waals surface area contributed by atoms with Crippen molar-refractivity contribution in [1.82, 2.24) is 5.32 Å². The Kier molecular flexibility index (Phi) is 5.86. The summed E-state index contributed by atoms with van der Waals surface area (Å²) in [5.41, 5.74) is 1.39. The van der Waals surface area contributed by atoms with Crippen LogP contribution in [0.1, 0.15) is 44.6 Å². The van der Waals surface area contributed by atoms with Crippen LogP contribution in [0.5, 0.6) is 0 Å². The highest BCUT2D eigenvalue weighted by molar-refractivity contribution is 9.10. The Morgan fingerprint density at radius 3 is 2.79 bits per heavy atom. The van der Waals surface area contributed by atoms with Gasteiger partial charge in [-0.15, -0.1) is 0 Å². The Bertz CT molecular complexity index is 390. The van der Waals surface area contributed by atoms with Crippen molar-refractivity contribution in [2.45, 2.75) is 51.2 Å². The first kappa shape index (κ1) is 15.0. The lowest BCUT2D eigenvalue weighted by Gasteiger charge is -2.42. The van der Waals surface area contributed by atoms with Crippen LogP contribution in [0.25, 0.3) is 0 Å². The van der Waals surface area contributed by atoms with Crippen molar-refractivity contribution in [1.29, 1.82) is 0 Å². The fourth-order valence-corrected chi connectivity index (χ4v) is 2.97. The summed E-state index contributed by atoms with van der Waals surface area (Å²) >= 11 is 3.51. The Hall–Kier alpha value is -0.380. The highest BCUT2D eigenvalue weighted by Crippen LogP contribution is 2.39. The van der Waals surface area contributed by atoms with Crippen molar-refractivity contribution in [2.75, 3.05) is 13.1 Å². The van der Waals surface area contributed by atoms with Crippen molar-refractivity contribution in [2.24, 2.45) is 0 Å². The molecule has 1 aromatic carbocycles. The summed E-state index contributed by atoms with van der Waals surface area (Å²) in [6, 6.07) is 8.39. The van der Waals surface area contributed by atoms with Gasteiger partial charge >= 0.3 is 0 Å². The molecule has 1 aliphatic carbocycles. The van der Waals surface area contributed by atoms with Crippen molar-refractivity contribution < 1.29 is 4.74 Å². The van der Waals surface area contributed by atoms with Crippen molar-refractivity contribution in [3.63, 3.8) is 0 Å². The molecule has 1 aromatic rings. The molecule has 0 amide bonds. The van der Waals surface area contributed by atoms with E-state index in [9.17, 15) is 0 Å². The second-order valence-electron chi connectivity index (χ2n) is 5.46. The lowest BCUT2D eigenvalue weighted by molar-refractivity contribution is -0.113. The second kappa shape index (κ2) is 7.41. The molecule has 3 heteroatoms. The smallest absolute Gasteiger partial charge is 0.0724 e. The first-order valence-electron chi connectivity index (χ1n) is 7.33. The molecular formula is C16H24BrNO. The predicted octanol–water partition coefficient (Wildman–Crippen LogP) is 4.28. The molecule has 1 N–H and O–H groups in total. The van der Waals surface area contributed by atoms with Gasteiger partial charge in [-0.25, -0.2) is 0 Å². The number of hydrogen-bond donors (Lipinski definition) is 1. The van der Waals surface area contributed by atoms with E-state index in [1.807, 2.05) is 0 Å². The van der Waals surface area contributed by atoms with Gasteiger partial charge in [-0.1, -0.05) is 35.0 Å². The van der Waals surface area contributed by atoms with Crippen LogP contribution in [0.2, 0.25) is 0 Å². The molecule has 1 fully saturated rings. The van der Waals surface area contributed by atoms with Gasteiger partial charge in [0.1, 0.15) is 0 Å².